The van der Waals surface area contributed by atoms with Crippen molar-refractivity contribution in [1.82, 2.24) is 15.5 Å². The summed E-state index contributed by atoms with van der Waals surface area (Å²) in [5.41, 5.74) is 0.800. The molecule has 0 bridgehead atoms. The van der Waals surface area contributed by atoms with Crippen LogP contribution in [0.25, 0.3) is 0 Å². The van der Waals surface area contributed by atoms with Gasteiger partial charge in [0.05, 0.1) is 20.1 Å². The molecule has 8 heteroatoms. The molecule has 0 aromatic heterocycles. The maximum atomic E-state index is 12.4. The fourth-order valence-electron chi connectivity index (χ4n) is 2.48. The van der Waals surface area contributed by atoms with Crippen LogP contribution >= 0.6 is 0 Å². The standard InChI is InChI=1S/C17H23N3O5/c1-24-9-3-8-18-15(21)10-14-16(22)20(17(23)19-14)11-12-4-6-13(25-2)7-5-12/h4-7,14H,3,8-11H2,1-2H3,(H,18,21)(H,19,23). The van der Waals surface area contributed by atoms with Crippen molar-refractivity contribution in [3.8, 4) is 5.75 Å². The Morgan fingerprint density at radius 2 is 1.96 bits per heavy atom. The van der Waals surface area contributed by atoms with Gasteiger partial charge in [0.25, 0.3) is 5.91 Å². The smallest absolute Gasteiger partial charge is 0.325 e. The van der Waals surface area contributed by atoms with Crippen LogP contribution in [0.4, 0.5) is 4.79 Å². The van der Waals surface area contributed by atoms with Gasteiger partial charge in [0.2, 0.25) is 5.91 Å². The zero-order valence-electron chi connectivity index (χ0n) is 14.4. The van der Waals surface area contributed by atoms with Gasteiger partial charge in [0.1, 0.15) is 11.8 Å². The van der Waals surface area contributed by atoms with Crippen molar-refractivity contribution in [2.24, 2.45) is 0 Å². The monoisotopic (exact) mass is 349 g/mol. The minimum absolute atomic E-state index is 0.0727. The molecule has 0 aliphatic carbocycles. The van der Waals surface area contributed by atoms with Gasteiger partial charge in [-0.15, -0.1) is 0 Å². The molecule has 8 nitrogen and oxygen atoms in total. The minimum atomic E-state index is -0.826. The van der Waals surface area contributed by atoms with Crippen molar-refractivity contribution in [3.63, 3.8) is 0 Å². The first kappa shape index (κ1) is 18.7. The number of ether oxygens (including phenoxy) is 2. The molecule has 4 amide bonds. The van der Waals surface area contributed by atoms with E-state index in [0.717, 1.165) is 10.5 Å². The zero-order valence-corrected chi connectivity index (χ0v) is 14.4. The van der Waals surface area contributed by atoms with Crippen LogP contribution in [0.1, 0.15) is 18.4 Å². The molecule has 2 N–H and O–H groups in total. The first-order chi connectivity index (χ1) is 12.0. The number of nitrogens with zero attached hydrogens (tertiary/aromatic N) is 1. The second-order valence-electron chi connectivity index (χ2n) is 5.67. The number of hydrogen-bond acceptors (Lipinski definition) is 5. The first-order valence-electron chi connectivity index (χ1n) is 8.05. The van der Waals surface area contributed by atoms with E-state index in [1.165, 1.54) is 0 Å². The molecular formula is C17H23N3O5. The van der Waals surface area contributed by atoms with Crippen LogP contribution in [0.5, 0.6) is 5.75 Å². The number of rotatable bonds is 9. The molecular weight excluding hydrogens is 326 g/mol. The summed E-state index contributed by atoms with van der Waals surface area (Å²) in [5, 5.41) is 5.26. The van der Waals surface area contributed by atoms with E-state index >= 15 is 0 Å². The summed E-state index contributed by atoms with van der Waals surface area (Å²) >= 11 is 0. The second-order valence-corrected chi connectivity index (χ2v) is 5.67. The summed E-state index contributed by atoms with van der Waals surface area (Å²) in [4.78, 5) is 37.4. The van der Waals surface area contributed by atoms with E-state index in [-0.39, 0.29) is 18.9 Å². The fraction of sp³-hybridized carbons (Fsp3) is 0.471. The second kappa shape index (κ2) is 9.03. The van der Waals surface area contributed by atoms with E-state index in [1.807, 2.05) is 0 Å². The molecule has 1 aliphatic heterocycles. The highest BCUT2D eigenvalue weighted by Gasteiger charge is 2.38. The van der Waals surface area contributed by atoms with Crippen LogP contribution in [0.15, 0.2) is 24.3 Å². The number of carbonyl (C=O) groups is 3. The van der Waals surface area contributed by atoms with Crippen molar-refractivity contribution in [1.29, 1.82) is 0 Å². The van der Waals surface area contributed by atoms with Gasteiger partial charge in [0.15, 0.2) is 0 Å². The van der Waals surface area contributed by atoms with E-state index in [0.29, 0.717) is 25.3 Å². The summed E-state index contributed by atoms with van der Waals surface area (Å²) in [6, 6.07) is 5.79. The van der Waals surface area contributed by atoms with Crippen molar-refractivity contribution in [2.75, 3.05) is 27.4 Å². The molecule has 1 aliphatic rings. The normalized spacial score (nSPS) is 16.7. The maximum Gasteiger partial charge on any atom is 0.325 e. The molecule has 1 aromatic carbocycles. The lowest BCUT2D eigenvalue weighted by molar-refractivity contribution is -0.131. The van der Waals surface area contributed by atoms with E-state index in [9.17, 15) is 14.4 Å². The molecule has 1 heterocycles. The van der Waals surface area contributed by atoms with E-state index in [2.05, 4.69) is 10.6 Å². The van der Waals surface area contributed by atoms with E-state index < -0.39 is 18.0 Å². The van der Waals surface area contributed by atoms with Gasteiger partial charge in [-0.25, -0.2) is 4.79 Å². The lowest BCUT2D eigenvalue weighted by atomic mass is 10.1. The largest absolute Gasteiger partial charge is 0.497 e. The van der Waals surface area contributed by atoms with Crippen LogP contribution in [0, 0.1) is 0 Å². The SMILES string of the molecule is COCCCNC(=O)CC1NC(=O)N(Cc2ccc(OC)cc2)C1=O. The summed E-state index contributed by atoms with van der Waals surface area (Å²) in [5.74, 6) is 0.0258. The van der Waals surface area contributed by atoms with Crippen LogP contribution in [0.3, 0.4) is 0 Å². The Labute approximate surface area is 146 Å². The minimum Gasteiger partial charge on any atom is -0.497 e. The Kier molecular flexibility index (Phi) is 6.76. The molecule has 1 atom stereocenters. The molecule has 1 fully saturated rings. The fourth-order valence-corrected chi connectivity index (χ4v) is 2.48. The van der Waals surface area contributed by atoms with Crippen LogP contribution in [0.2, 0.25) is 0 Å². The number of carbonyl (C=O) groups excluding carboxylic acids is 3. The van der Waals surface area contributed by atoms with Gasteiger partial charge in [-0.1, -0.05) is 12.1 Å². The Bertz CT molecular complexity index is 617. The van der Waals surface area contributed by atoms with E-state index in [4.69, 9.17) is 9.47 Å². The number of methoxy groups -OCH3 is 2. The summed E-state index contributed by atoms with van der Waals surface area (Å²) in [6.07, 6.45) is 0.619. The number of nitrogens with one attached hydrogen (secondary N) is 2. The molecule has 0 saturated carbocycles. The van der Waals surface area contributed by atoms with Crippen molar-refractivity contribution >= 4 is 17.8 Å². The third-order valence-electron chi connectivity index (χ3n) is 3.84. The molecule has 25 heavy (non-hydrogen) atoms. The maximum absolute atomic E-state index is 12.4. The predicted molar refractivity (Wildman–Crippen MR) is 90.0 cm³/mol. The van der Waals surface area contributed by atoms with Gasteiger partial charge in [-0.2, -0.15) is 0 Å². The molecule has 1 saturated heterocycles. The number of urea groups is 1. The Morgan fingerprint density at radius 1 is 1.24 bits per heavy atom. The molecule has 0 radical (unpaired) electrons. The third-order valence-corrected chi connectivity index (χ3v) is 3.84. The van der Waals surface area contributed by atoms with Gasteiger partial charge < -0.3 is 20.1 Å². The van der Waals surface area contributed by atoms with Crippen molar-refractivity contribution in [3.05, 3.63) is 29.8 Å². The summed E-state index contributed by atoms with van der Waals surface area (Å²) in [6.45, 7) is 1.17. The zero-order chi connectivity index (χ0) is 18.2. The number of hydrogen-bond donors (Lipinski definition) is 2. The lowest BCUT2D eigenvalue weighted by Crippen LogP contribution is -2.37. The molecule has 1 unspecified atom stereocenters. The first-order valence-corrected chi connectivity index (χ1v) is 8.05. The van der Waals surface area contributed by atoms with Crippen LogP contribution in [-0.2, 0) is 20.9 Å². The van der Waals surface area contributed by atoms with Gasteiger partial charge in [-0.05, 0) is 24.1 Å². The van der Waals surface area contributed by atoms with Crippen molar-refractivity contribution < 1.29 is 23.9 Å². The highest BCUT2D eigenvalue weighted by atomic mass is 16.5. The molecule has 0 spiro atoms. The Morgan fingerprint density at radius 3 is 2.60 bits per heavy atom. The quantitative estimate of drug-likeness (QED) is 0.504. The lowest BCUT2D eigenvalue weighted by Gasteiger charge is -2.13. The summed E-state index contributed by atoms with van der Waals surface area (Å²) < 4.78 is 9.97. The van der Waals surface area contributed by atoms with Crippen molar-refractivity contribution in [2.45, 2.75) is 25.4 Å². The number of benzene rings is 1. The van der Waals surface area contributed by atoms with Gasteiger partial charge >= 0.3 is 6.03 Å². The van der Waals surface area contributed by atoms with Gasteiger partial charge in [-0.3, -0.25) is 14.5 Å². The molecule has 2 rings (SSSR count). The predicted octanol–water partition coefficient (Wildman–Crippen LogP) is 0.658. The topological polar surface area (TPSA) is 97.0 Å². The Balaban J connectivity index is 1.87. The number of amides is 4. The van der Waals surface area contributed by atoms with E-state index in [1.54, 1.807) is 38.5 Å². The Hall–Kier alpha value is -2.61. The number of imide groups is 1. The van der Waals surface area contributed by atoms with Crippen LogP contribution < -0.4 is 15.4 Å². The molecule has 136 valence electrons. The van der Waals surface area contributed by atoms with Crippen LogP contribution in [-0.4, -0.2) is 56.2 Å². The highest BCUT2D eigenvalue weighted by Crippen LogP contribution is 2.16. The summed E-state index contributed by atoms with van der Waals surface area (Å²) in [7, 11) is 3.16. The third kappa shape index (κ3) is 5.18. The average Bonchev–Trinajstić information content (AvgIpc) is 2.87. The highest BCUT2D eigenvalue weighted by molar-refractivity contribution is 6.05. The van der Waals surface area contributed by atoms with Gasteiger partial charge in [0, 0.05) is 20.3 Å². The molecule has 1 aromatic rings. The average molecular weight is 349 g/mol.